The highest BCUT2D eigenvalue weighted by molar-refractivity contribution is 5.84. The van der Waals surface area contributed by atoms with Gasteiger partial charge in [-0.3, -0.25) is 4.98 Å². The number of benzene rings is 2. The number of alkyl halides is 3. The summed E-state index contributed by atoms with van der Waals surface area (Å²) >= 11 is 0. The number of pyridine rings is 1. The Balaban J connectivity index is 2.04. The van der Waals surface area contributed by atoms with Gasteiger partial charge in [-0.15, -0.1) is 0 Å². The summed E-state index contributed by atoms with van der Waals surface area (Å²) in [4.78, 5) is 4.27. The molecule has 0 atom stereocenters. The fourth-order valence-corrected chi connectivity index (χ4v) is 2.21. The van der Waals surface area contributed by atoms with Crippen LogP contribution in [0.15, 0.2) is 54.7 Å². The van der Waals surface area contributed by atoms with E-state index in [0.717, 1.165) is 23.0 Å². The molecule has 22 heavy (non-hydrogen) atoms. The molecule has 3 aromatic rings. The van der Waals surface area contributed by atoms with Gasteiger partial charge >= 0.3 is 6.18 Å². The van der Waals surface area contributed by atoms with Gasteiger partial charge in [0.1, 0.15) is 0 Å². The SMILES string of the molecule is N#Cc1ccc2ncc(-c3ccc(C(F)(F)F)cc3)cc2c1. The second-order valence-corrected chi connectivity index (χ2v) is 4.82. The van der Waals surface area contributed by atoms with Crippen molar-refractivity contribution in [1.82, 2.24) is 4.98 Å². The van der Waals surface area contributed by atoms with Crippen LogP contribution in [0.1, 0.15) is 11.1 Å². The predicted molar refractivity (Wildman–Crippen MR) is 76.9 cm³/mol. The van der Waals surface area contributed by atoms with Crippen LogP contribution < -0.4 is 0 Å². The van der Waals surface area contributed by atoms with Gasteiger partial charge in [0, 0.05) is 17.1 Å². The van der Waals surface area contributed by atoms with Gasteiger partial charge in [0.2, 0.25) is 0 Å². The minimum atomic E-state index is -4.35. The zero-order valence-corrected chi connectivity index (χ0v) is 11.2. The van der Waals surface area contributed by atoms with Crippen LogP contribution in [0.25, 0.3) is 22.0 Å². The largest absolute Gasteiger partial charge is 0.416 e. The Morgan fingerprint density at radius 3 is 2.27 bits per heavy atom. The molecule has 0 unspecified atom stereocenters. The molecule has 0 aliphatic heterocycles. The van der Waals surface area contributed by atoms with E-state index in [2.05, 4.69) is 4.98 Å². The molecule has 2 aromatic carbocycles. The molecule has 1 aromatic heterocycles. The zero-order chi connectivity index (χ0) is 15.7. The maximum atomic E-state index is 12.6. The average Bonchev–Trinajstić information content (AvgIpc) is 2.53. The van der Waals surface area contributed by atoms with Gasteiger partial charge in [0.05, 0.1) is 22.7 Å². The van der Waals surface area contributed by atoms with Gasteiger partial charge in [-0.1, -0.05) is 12.1 Å². The highest BCUT2D eigenvalue weighted by atomic mass is 19.4. The Morgan fingerprint density at radius 1 is 0.909 bits per heavy atom. The van der Waals surface area contributed by atoms with Crippen molar-refractivity contribution < 1.29 is 13.2 Å². The molecule has 1 heterocycles. The number of hydrogen-bond acceptors (Lipinski definition) is 2. The number of hydrogen-bond donors (Lipinski definition) is 0. The van der Waals surface area contributed by atoms with Crippen LogP contribution in [-0.2, 0) is 6.18 Å². The molecule has 0 aliphatic carbocycles. The number of rotatable bonds is 1. The highest BCUT2D eigenvalue weighted by Crippen LogP contribution is 2.31. The molecule has 0 bridgehead atoms. The van der Waals surface area contributed by atoms with Crippen molar-refractivity contribution in [3.63, 3.8) is 0 Å². The van der Waals surface area contributed by atoms with Gasteiger partial charge in [-0.05, 0) is 42.0 Å². The Hall–Kier alpha value is -2.87. The monoisotopic (exact) mass is 298 g/mol. The zero-order valence-electron chi connectivity index (χ0n) is 11.2. The third-order valence-corrected chi connectivity index (χ3v) is 3.36. The molecule has 0 saturated carbocycles. The second-order valence-electron chi connectivity index (χ2n) is 4.82. The Labute approximate surface area is 124 Å². The molecular formula is C17H9F3N2. The predicted octanol–water partition coefficient (Wildman–Crippen LogP) is 4.79. The number of nitrogens with zero attached hydrogens (tertiary/aromatic N) is 2. The molecule has 108 valence electrons. The van der Waals surface area contributed by atoms with Crippen LogP contribution in [0.4, 0.5) is 13.2 Å². The Morgan fingerprint density at radius 2 is 1.64 bits per heavy atom. The summed E-state index contributed by atoms with van der Waals surface area (Å²) in [5.74, 6) is 0. The van der Waals surface area contributed by atoms with Crippen LogP contribution in [0.3, 0.4) is 0 Å². The lowest BCUT2D eigenvalue weighted by Gasteiger charge is -2.08. The van der Waals surface area contributed by atoms with E-state index < -0.39 is 11.7 Å². The first kappa shape index (κ1) is 14.1. The molecule has 5 heteroatoms. The first-order chi connectivity index (χ1) is 10.5. The lowest BCUT2D eigenvalue weighted by molar-refractivity contribution is -0.137. The number of nitriles is 1. The van der Waals surface area contributed by atoms with Crippen molar-refractivity contribution in [2.45, 2.75) is 6.18 Å². The molecule has 3 rings (SSSR count). The minimum absolute atomic E-state index is 0.513. The van der Waals surface area contributed by atoms with Crippen molar-refractivity contribution in [1.29, 1.82) is 5.26 Å². The molecule has 0 spiro atoms. The normalized spacial score (nSPS) is 11.4. The topological polar surface area (TPSA) is 36.7 Å². The van der Waals surface area contributed by atoms with Crippen molar-refractivity contribution in [2.24, 2.45) is 0 Å². The van der Waals surface area contributed by atoms with Crippen LogP contribution in [0.5, 0.6) is 0 Å². The van der Waals surface area contributed by atoms with Gasteiger partial charge in [-0.25, -0.2) is 0 Å². The Bertz CT molecular complexity index is 875. The van der Waals surface area contributed by atoms with Gasteiger partial charge in [0.25, 0.3) is 0 Å². The van der Waals surface area contributed by atoms with E-state index in [4.69, 9.17) is 5.26 Å². The first-order valence-electron chi connectivity index (χ1n) is 6.45. The van der Waals surface area contributed by atoms with Crippen molar-refractivity contribution in [3.05, 3.63) is 65.9 Å². The summed E-state index contributed by atoms with van der Waals surface area (Å²) < 4.78 is 37.7. The van der Waals surface area contributed by atoms with Gasteiger partial charge in [0.15, 0.2) is 0 Å². The fourth-order valence-electron chi connectivity index (χ4n) is 2.21. The molecule has 0 fully saturated rings. The lowest BCUT2D eigenvalue weighted by Crippen LogP contribution is -2.03. The molecule has 0 saturated heterocycles. The van der Waals surface area contributed by atoms with Crippen molar-refractivity contribution in [3.8, 4) is 17.2 Å². The molecule has 0 amide bonds. The third-order valence-electron chi connectivity index (χ3n) is 3.36. The number of aromatic nitrogens is 1. The van der Waals surface area contributed by atoms with Crippen LogP contribution >= 0.6 is 0 Å². The lowest BCUT2D eigenvalue weighted by atomic mass is 10.0. The molecule has 0 aliphatic rings. The quantitative estimate of drug-likeness (QED) is 0.647. The van der Waals surface area contributed by atoms with Gasteiger partial charge in [-0.2, -0.15) is 18.4 Å². The second kappa shape index (κ2) is 5.15. The van der Waals surface area contributed by atoms with Crippen LogP contribution in [0, 0.1) is 11.3 Å². The summed E-state index contributed by atoms with van der Waals surface area (Å²) in [6.07, 6.45) is -2.74. The standard InChI is InChI=1S/C17H9F3N2/c18-17(19,20)15-4-2-12(3-5-15)14-8-13-7-11(9-21)1-6-16(13)22-10-14/h1-8,10H. The molecular weight excluding hydrogens is 289 g/mol. The third kappa shape index (κ3) is 2.63. The molecule has 0 N–H and O–H groups in total. The number of halogens is 3. The van der Waals surface area contributed by atoms with Crippen LogP contribution in [0.2, 0.25) is 0 Å². The summed E-state index contributed by atoms with van der Waals surface area (Å²) in [5, 5.41) is 9.69. The summed E-state index contributed by atoms with van der Waals surface area (Å²) in [5.41, 5.74) is 1.91. The van der Waals surface area contributed by atoms with E-state index in [1.54, 1.807) is 24.4 Å². The van der Waals surface area contributed by atoms with E-state index in [-0.39, 0.29) is 0 Å². The maximum absolute atomic E-state index is 12.6. The fraction of sp³-hybridized carbons (Fsp3) is 0.0588. The first-order valence-corrected chi connectivity index (χ1v) is 6.45. The van der Waals surface area contributed by atoms with E-state index in [1.807, 2.05) is 12.1 Å². The summed E-state index contributed by atoms with van der Waals surface area (Å²) in [6, 6.07) is 13.9. The van der Waals surface area contributed by atoms with E-state index in [1.165, 1.54) is 12.1 Å². The Kier molecular flexibility index (Phi) is 3.30. The van der Waals surface area contributed by atoms with Gasteiger partial charge < -0.3 is 0 Å². The minimum Gasteiger partial charge on any atom is -0.256 e. The van der Waals surface area contributed by atoms with E-state index in [9.17, 15) is 13.2 Å². The number of fused-ring (bicyclic) bond motifs is 1. The average molecular weight is 298 g/mol. The molecule has 2 nitrogen and oxygen atoms in total. The molecule has 0 radical (unpaired) electrons. The van der Waals surface area contributed by atoms with E-state index in [0.29, 0.717) is 16.7 Å². The van der Waals surface area contributed by atoms with Crippen molar-refractivity contribution >= 4 is 10.9 Å². The smallest absolute Gasteiger partial charge is 0.256 e. The highest BCUT2D eigenvalue weighted by Gasteiger charge is 2.29. The van der Waals surface area contributed by atoms with E-state index >= 15 is 0 Å². The van der Waals surface area contributed by atoms with Crippen molar-refractivity contribution in [2.75, 3.05) is 0 Å². The summed E-state index contributed by atoms with van der Waals surface area (Å²) in [7, 11) is 0. The van der Waals surface area contributed by atoms with Crippen LogP contribution in [-0.4, -0.2) is 4.98 Å². The summed E-state index contributed by atoms with van der Waals surface area (Å²) in [6.45, 7) is 0. The maximum Gasteiger partial charge on any atom is 0.416 e.